The van der Waals surface area contributed by atoms with E-state index in [1.807, 2.05) is 54.7 Å². The first-order valence-electron chi connectivity index (χ1n) is 17.2. The van der Waals surface area contributed by atoms with Crippen molar-refractivity contribution in [2.45, 2.75) is 0 Å². The van der Waals surface area contributed by atoms with Gasteiger partial charge in [-0.1, -0.05) is 109 Å². The molecule has 0 saturated carbocycles. The van der Waals surface area contributed by atoms with E-state index in [0.29, 0.717) is 17.5 Å². The maximum atomic E-state index is 6.28. The zero-order valence-electron chi connectivity index (χ0n) is 27.6. The van der Waals surface area contributed by atoms with Gasteiger partial charge in [-0.25, -0.2) is 15.0 Å². The van der Waals surface area contributed by atoms with Crippen molar-refractivity contribution in [1.29, 1.82) is 0 Å². The SMILES string of the molecule is c1ccc2cc(-c3nc(-c4cc(-c5cncc6oc7ccccc7c56)c5ccccc5c4)nc(-c4cccc5oc6ccccc6c45)n3)ccc2c1. The van der Waals surface area contributed by atoms with Crippen molar-refractivity contribution < 1.29 is 8.83 Å². The Morgan fingerprint density at radius 2 is 0.942 bits per heavy atom. The van der Waals surface area contributed by atoms with E-state index >= 15 is 0 Å². The van der Waals surface area contributed by atoms with E-state index in [-0.39, 0.29) is 0 Å². The van der Waals surface area contributed by atoms with Crippen LogP contribution in [0.2, 0.25) is 0 Å². The van der Waals surface area contributed by atoms with E-state index in [1.54, 1.807) is 6.20 Å². The van der Waals surface area contributed by atoms with Gasteiger partial charge in [0.05, 0.1) is 6.20 Å². The summed E-state index contributed by atoms with van der Waals surface area (Å²) in [5, 5.41) is 8.51. The van der Waals surface area contributed by atoms with Crippen LogP contribution in [0.25, 0.3) is 111 Å². The number of para-hydroxylation sites is 2. The largest absolute Gasteiger partial charge is 0.456 e. The second-order valence-electron chi connectivity index (χ2n) is 13.0. The molecule has 11 rings (SSSR count). The Balaban J connectivity index is 1.20. The smallest absolute Gasteiger partial charge is 0.164 e. The first-order valence-corrected chi connectivity index (χ1v) is 17.2. The van der Waals surface area contributed by atoms with Crippen LogP contribution in [0, 0.1) is 0 Å². The Labute approximate surface area is 296 Å². The highest BCUT2D eigenvalue weighted by atomic mass is 16.3. The molecule has 0 amide bonds. The van der Waals surface area contributed by atoms with Gasteiger partial charge in [0.2, 0.25) is 0 Å². The molecule has 0 N–H and O–H groups in total. The average molecular weight is 667 g/mol. The lowest BCUT2D eigenvalue weighted by Crippen LogP contribution is -2.01. The molecular formula is C46H26N4O2. The third-order valence-corrected chi connectivity index (χ3v) is 9.98. The summed E-state index contributed by atoms with van der Waals surface area (Å²) in [4.78, 5) is 20.2. The van der Waals surface area contributed by atoms with Crippen LogP contribution in [0.15, 0.2) is 167 Å². The molecule has 0 bridgehead atoms. The molecule has 0 radical (unpaired) electrons. The number of benzene rings is 7. The van der Waals surface area contributed by atoms with Crippen molar-refractivity contribution in [3.8, 4) is 45.3 Å². The highest BCUT2D eigenvalue weighted by molar-refractivity contribution is 6.15. The van der Waals surface area contributed by atoms with E-state index in [0.717, 1.165) is 93.2 Å². The molecule has 0 atom stereocenters. The van der Waals surface area contributed by atoms with Crippen molar-refractivity contribution >= 4 is 65.4 Å². The number of nitrogens with zero attached hydrogens (tertiary/aromatic N) is 4. The highest BCUT2D eigenvalue weighted by Gasteiger charge is 2.20. The van der Waals surface area contributed by atoms with Crippen molar-refractivity contribution in [2.24, 2.45) is 0 Å². The van der Waals surface area contributed by atoms with Gasteiger partial charge in [-0.3, -0.25) is 4.98 Å². The zero-order chi connectivity index (χ0) is 34.2. The number of fused-ring (bicyclic) bond motifs is 8. The van der Waals surface area contributed by atoms with E-state index < -0.39 is 0 Å². The molecule has 0 unspecified atom stereocenters. The van der Waals surface area contributed by atoms with Gasteiger partial charge in [0, 0.05) is 50.0 Å². The summed E-state index contributed by atoms with van der Waals surface area (Å²) in [7, 11) is 0. The van der Waals surface area contributed by atoms with Crippen LogP contribution in [0.5, 0.6) is 0 Å². The molecule has 11 aromatic rings. The fourth-order valence-corrected chi connectivity index (χ4v) is 7.59. The molecular weight excluding hydrogens is 641 g/mol. The summed E-state index contributed by atoms with van der Waals surface area (Å²) >= 11 is 0. The van der Waals surface area contributed by atoms with Crippen LogP contribution in [0.4, 0.5) is 0 Å². The molecule has 4 heterocycles. The Morgan fingerprint density at radius 1 is 0.346 bits per heavy atom. The maximum Gasteiger partial charge on any atom is 0.164 e. The van der Waals surface area contributed by atoms with Crippen molar-refractivity contribution in [3.63, 3.8) is 0 Å². The second kappa shape index (κ2) is 11.2. The second-order valence-corrected chi connectivity index (χ2v) is 13.0. The number of aromatic nitrogens is 4. The highest BCUT2D eigenvalue weighted by Crippen LogP contribution is 2.41. The van der Waals surface area contributed by atoms with Gasteiger partial charge in [0.15, 0.2) is 23.1 Å². The number of hydrogen-bond donors (Lipinski definition) is 0. The molecule has 0 aliphatic rings. The quantitative estimate of drug-likeness (QED) is 0.186. The molecule has 0 fully saturated rings. The molecule has 0 saturated heterocycles. The summed E-state index contributed by atoms with van der Waals surface area (Å²) in [6, 6.07) is 49.7. The standard InChI is InChI=1S/C46H26N4O2/c1-2-11-28-22-30(21-20-27(28)10-1)44-48-45(50-46(49-44)35-16-9-19-40-42(35)33-14-5-7-17-38(33)51-40)31-23-29-12-3-4-13-32(29)36(24-31)37-25-47-26-41-43(37)34-15-6-8-18-39(34)52-41/h1-26H. The van der Waals surface area contributed by atoms with Crippen LogP contribution in [-0.2, 0) is 0 Å². The molecule has 4 aromatic heterocycles. The molecule has 242 valence electrons. The fraction of sp³-hybridized carbons (Fsp3) is 0. The number of pyridine rings is 1. The summed E-state index contributed by atoms with van der Waals surface area (Å²) < 4.78 is 12.5. The van der Waals surface area contributed by atoms with Gasteiger partial charge in [-0.2, -0.15) is 0 Å². The molecule has 0 aliphatic heterocycles. The van der Waals surface area contributed by atoms with E-state index in [4.69, 9.17) is 23.8 Å². The molecule has 52 heavy (non-hydrogen) atoms. The first-order chi connectivity index (χ1) is 25.7. The summed E-state index contributed by atoms with van der Waals surface area (Å²) in [5.41, 5.74) is 7.85. The monoisotopic (exact) mass is 666 g/mol. The lowest BCUT2D eigenvalue weighted by molar-refractivity contribution is 0.667. The number of furan rings is 2. The van der Waals surface area contributed by atoms with Crippen molar-refractivity contribution in [1.82, 2.24) is 19.9 Å². The Morgan fingerprint density at radius 3 is 1.75 bits per heavy atom. The first kappa shape index (κ1) is 28.6. The van der Waals surface area contributed by atoms with Crippen LogP contribution in [0.1, 0.15) is 0 Å². The third kappa shape index (κ3) is 4.44. The minimum Gasteiger partial charge on any atom is -0.456 e. The lowest BCUT2D eigenvalue weighted by atomic mass is 9.93. The minimum absolute atomic E-state index is 0.571. The average Bonchev–Trinajstić information content (AvgIpc) is 3.79. The van der Waals surface area contributed by atoms with Gasteiger partial charge in [-0.05, 0) is 63.5 Å². The normalized spacial score (nSPS) is 11.8. The molecule has 7 aromatic carbocycles. The third-order valence-electron chi connectivity index (χ3n) is 9.98. The van der Waals surface area contributed by atoms with Crippen molar-refractivity contribution in [2.75, 3.05) is 0 Å². The van der Waals surface area contributed by atoms with E-state index in [2.05, 4.69) is 102 Å². The van der Waals surface area contributed by atoms with E-state index in [1.165, 1.54) is 0 Å². The topological polar surface area (TPSA) is 77.8 Å². The van der Waals surface area contributed by atoms with Gasteiger partial charge in [0.25, 0.3) is 0 Å². The van der Waals surface area contributed by atoms with E-state index in [9.17, 15) is 0 Å². The predicted molar refractivity (Wildman–Crippen MR) is 209 cm³/mol. The Hall–Kier alpha value is -7.18. The minimum atomic E-state index is 0.571. The molecule has 0 aliphatic carbocycles. The lowest BCUT2D eigenvalue weighted by Gasteiger charge is -2.13. The molecule has 6 heteroatoms. The molecule has 0 spiro atoms. The summed E-state index contributed by atoms with van der Waals surface area (Å²) in [5.74, 6) is 1.74. The Kier molecular flexibility index (Phi) is 6.15. The van der Waals surface area contributed by atoms with Crippen LogP contribution in [-0.4, -0.2) is 19.9 Å². The maximum absolute atomic E-state index is 6.28. The predicted octanol–water partition coefficient (Wildman–Crippen LogP) is 12.0. The number of rotatable bonds is 4. The summed E-state index contributed by atoms with van der Waals surface area (Å²) in [6.07, 6.45) is 3.72. The molecule has 6 nitrogen and oxygen atoms in total. The van der Waals surface area contributed by atoms with Crippen molar-refractivity contribution in [3.05, 3.63) is 158 Å². The van der Waals surface area contributed by atoms with Crippen LogP contribution in [0.3, 0.4) is 0 Å². The van der Waals surface area contributed by atoms with Crippen LogP contribution < -0.4 is 0 Å². The van der Waals surface area contributed by atoms with Gasteiger partial charge in [0.1, 0.15) is 16.7 Å². The fourth-order valence-electron chi connectivity index (χ4n) is 7.59. The zero-order valence-corrected chi connectivity index (χ0v) is 27.6. The van der Waals surface area contributed by atoms with Gasteiger partial charge < -0.3 is 8.83 Å². The van der Waals surface area contributed by atoms with Gasteiger partial charge >= 0.3 is 0 Å². The van der Waals surface area contributed by atoms with Crippen LogP contribution >= 0.6 is 0 Å². The Bertz CT molecular complexity index is 3210. The summed E-state index contributed by atoms with van der Waals surface area (Å²) in [6.45, 7) is 0. The number of hydrogen-bond acceptors (Lipinski definition) is 6. The van der Waals surface area contributed by atoms with Gasteiger partial charge in [-0.15, -0.1) is 0 Å².